The fraction of sp³-hybridized carbons (Fsp3) is 0.417. The Labute approximate surface area is 110 Å². The van der Waals surface area contributed by atoms with E-state index in [1.54, 1.807) is 18.2 Å². The normalized spacial score (nSPS) is 22.8. The zero-order chi connectivity index (χ0) is 12.6. The molecule has 1 heterocycles. The van der Waals surface area contributed by atoms with Crippen molar-refractivity contribution in [3.8, 4) is 0 Å². The second-order valence-electron chi connectivity index (χ2n) is 4.78. The third-order valence-electron chi connectivity index (χ3n) is 2.91. The monoisotopic (exact) mass is 273 g/mol. The van der Waals surface area contributed by atoms with Crippen molar-refractivity contribution in [3.63, 3.8) is 0 Å². The maximum atomic E-state index is 11.3. The van der Waals surface area contributed by atoms with Gasteiger partial charge in [0.2, 0.25) is 0 Å². The predicted octanol–water partition coefficient (Wildman–Crippen LogP) is 3.80. The Morgan fingerprint density at radius 2 is 1.94 bits per heavy atom. The molecule has 0 radical (unpaired) electrons. The van der Waals surface area contributed by atoms with Gasteiger partial charge in [-0.3, -0.25) is 0 Å². The highest BCUT2D eigenvalue weighted by molar-refractivity contribution is 6.36. The van der Waals surface area contributed by atoms with Gasteiger partial charge in [-0.2, -0.15) is 0 Å². The fourth-order valence-corrected chi connectivity index (χ4v) is 2.55. The summed E-state index contributed by atoms with van der Waals surface area (Å²) >= 11 is 12.3. The van der Waals surface area contributed by atoms with E-state index in [9.17, 15) is 4.79 Å². The first-order valence-electron chi connectivity index (χ1n) is 5.29. The fourth-order valence-electron chi connectivity index (χ4n) is 1.94. The average molecular weight is 274 g/mol. The number of amides is 1. The van der Waals surface area contributed by atoms with Crippen LogP contribution in [0.3, 0.4) is 0 Å². The van der Waals surface area contributed by atoms with Crippen molar-refractivity contribution in [1.29, 1.82) is 0 Å². The summed E-state index contributed by atoms with van der Waals surface area (Å²) in [5.41, 5.74) is 0.486. The van der Waals surface area contributed by atoms with E-state index in [1.165, 1.54) is 0 Å². The van der Waals surface area contributed by atoms with Crippen LogP contribution in [-0.4, -0.2) is 12.7 Å². The summed E-state index contributed by atoms with van der Waals surface area (Å²) in [6, 6.07) is 5.06. The van der Waals surface area contributed by atoms with Gasteiger partial charge in [-0.05, 0) is 12.1 Å². The van der Waals surface area contributed by atoms with Crippen LogP contribution >= 0.6 is 23.2 Å². The van der Waals surface area contributed by atoms with Crippen molar-refractivity contribution in [2.75, 3.05) is 6.61 Å². The molecular weight excluding hydrogens is 261 g/mol. The molecule has 1 aromatic carbocycles. The van der Waals surface area contributed by atoms with Crippen LogP contribution in [0.25, 0.3) is 0 Å². The summed E-state index contributed by atoms with van der Waals surface area (Å²) in [5, 5.41) is 3.88. The highest BCUT2D eigenvalue weighted by atomic mass is 35.5. The van der Waals surface area contributed by atoms with Crippen molar-refractivity contribution in [3.05, 3.63) is 33.8 Å². The number of benzene rings is 1. The van der Waals surface area contributed by atoms with Crippen molar-refractivity contribution in [2.45, 2.75) is 19.9 Å². The quantitative estimate of drug-likeness (QED) is 0.845. The molecule has 2 rings (SSSR count). The van der Waals surface area contributed by atoms with Crippen molar-refractivity contribution >= 4 is 29.3 Å². The standard InChI is InChI=1S/C12H13Cl2NO2/c1-12(2)6-17-11(16)15-10(12)9-7(13)4-3-5-8(9)14/h3-5,10H,6H2,1-2H3,(H,15,16)/t10-/m0/s1. The highest BCUT2D eigenvalue weighted by Gasteiger charge is 2.39. The molecule has 1 N–H and O–H groups in total. The lowest BCUT2D eigenvalue weighted by atomic mass is 9.80. The number of cyclic esters (lactones) is 1. The molecule has 5 heteroatoms. The van der Waals surface area contributed by atoms with Crippen molar-refractivity contribution in [1.82, 2.24) is 5.32 Å². The first-order chi connectivity index (χ1) is 7.92. The van der Waals surface area contributed by atoms with Crippen LogP contribution < -0.4 is 5.32 Å². The van der Waals surface area contributed by atoms with Gasteiger partial charge < -0.3 is 10.1 Å². The number of nitrogens with one attached hydrogen (secondary N) is 1. The molecular formula is C12H13Cl2NO2. The van der Waals surface area contributed by atoms with Crippen LogP contribution in [0.2, 0.25) is 10.0 Å². The number of carbonyl (C=O) groups excluding carboxylic acids is 1. The molecule has 1 saturated heterocycles. The van der Waals surface area contributed by atoms with E-state index in [2.05, 4.69) is 5.32 Å². The minimum absolute atomic E-state index is 0.245. The summed E-state index contributed by atoms with van der Waals surface area (Å²) < 4.78 is 4.99. The van der Waals surface area contributed by atoms with Gasteiger partial charge in [-0.15, -0.1) is 0 Å². The molecule has 1 aliphatic rings. The number of alkyl carbamates (subject to hydrolysis) is 1. The summed E-state index contributed by atoms with van der Waals surface area (Å²) in [6.07, 6.45) is -0.440. The molecule has 92 valence electrons. The average Bonchev–Trinajstić information content (AvgIpc) is 2.23. The number of hydrogen-bond acceptors (Lipinski definition) is 2. The summed E-state index contributed by atoms with van der Waals surface area (Å²) in [7, 11) is 0. The first-order valence-corrected chi connectivity index (χ1v) is 6.04. The van der Waals surface area contributed by atoms with E-state index in [1.807, 2.05) is 13.8 Å². The second-order valence-corrected chi connectivity index (χ2v) is 5.59. The number of rotatable bonds is 1. The second kappa shape index (κ2) is 4.39. The number of carbonyl (C=O) groups is 1. The van der Waals surface area contributed by atoms with E-state index in [-0.39, 0.29) is 11.5 Å². The third-order valence-corrected chi connectivity index (χ3v) is 3.57. The molecule has 0 unspecified atom stereocenters. The lowest BCUT2D eigenvalue weighted by Gasteiger charge is -2.39. The molecule has 1 fully saturated rings. The maximum absolute atomic E-state index is 11.3. The molecule has 1 amide bonds. The largest absolute Gasteiger partial charge is 0.449 e. The summed E-state index contributed by atoms with van der Waals surface area (Å²) in [6.45, 7) is 4.33. The van der Waals surface area contributed by atoms with Gasteiger partial charge in [-0.25, -0.2) is 4.79 Å². The minimum atomic E-state index is -0.440. The first kappa shape index (κ1) is 12.5. The smallest absolute Gasteiger partial charge is 0.407 e. The van der Waals surface area contributed by atoms with Crippen LogP contribution in [0.4, 0.5) is 4.79 Å². The number of ether oxygens (including phenoxy) is 1. The summed E-state index contributed by atoms with van der Waals surface area (Å²) in [5.74, 6) is 0. The van der Waals surface area contributed by atoms with Gasteiger partial charge in [0.05, 0.1) is 6.04 Å². The zero-order valence-corrected chi connectivity index (χ0v) is 11.1. The van der Waals surface area contributed by atoms with Crippen LogP contribution in [0.5, 0.6) is 0 Å². The maximum Gasteiger partial charge on any atom is 0.407 e. The van der Waals surface area contributed by atoms with Gasteiger partial charge in [0.1, 0.15) is 6.61 Å². The van der Waals surface area contributed by atoms with Crippen molar-refractivity contribution < 1.29 is 9.53 Å². The number of halogens is 2. The van der Waals surface area contributed by atoms with Crippen LogP contribution in [-0.2, 0) is 4.74 Å². The van der Waals surface area contributed by atoms with Gasteiger partial charge in [-0.1, -0.05) is 43.1 Å². The van der Waals surface area contributed by atoms with Crippen molar-refractivity contribution in [2.24, 2.45) is 5.41 Å². The Bertz CT molecular complexity index is 440. The Hall–Kier alpha value is -0.930. The molecule has 0 aromatic heterocycles. The predicted molar refractivity (Wildman–Crippen MR) is 67.5 cm³/mol. The lowest BCUT2D eigenvalue weighted by Crippen LogP contribution is -2.47. The molecule has 0 spiro atoms. The van der Waals surface area contributed by atoms with E-state index < -0.39 is 6.09 Å². The van der Waals surface area contributed by atoms with Gasteiger partial charge in [0.15, 0.2) is 0 Å². The minimum Gasteiger partial charge on any atom is -0.449 e. The molecule has 0 aliphatic carbocycles. The Morgan fingerprint density at radius 1 is 1.35 bits per heavy atom. The lowest BCUT2D eigenvalue weighted by molar-refractivity contribution is 0.0388. The van der Waals surface area contributed by atoms with E-state index in [4.69, 9.17) is 27.9 Å². The highest BCUT2D eigenvalue weighted by Crippen LogP contribution is 2.42. The van der Waals surface area contributed by atoms with E-state index >= 15 is 0 Å². The van der Waals surface area contributed by atoms with Gasteiger partial charge in [0, 0.05) is 21.0 Å². The Balaban J connectivity index is 2.46. The SMILES string of the molecule is CC1(C)COC(=O)N[C@H]1c1c(Cl)cccc1Cl. The summed E-state index contributed by atoms with van der Waals surface area (Å²) in [4.78, 5) is 11.3. The Kier molecular flexibility index (Phi) is 3.23. The van der Waals surface area contributed by atoms with Gasteiger partial charge >= 0.3 is 6.09 Å². The van der Waals surface area contributed by atoms with E-state index in [0.29, 0.717) is 16.7 Å². The zero-order valence-electron chi connectivity index (χ0n) is 9.59. The number of hydrogen-bond donors (Lipinski definition) is 1. The molecule has 0 bridgehead atoms. The van der Waals surface area contributed by atoms with Gasteiger partial charge in [0.25, 0.3) is 0 Å². The third kappa shape index (κ3) is 2.35. The molecule has 0 saturated carbocycles. The van der Waals surface area contributed by atoms with Crippen LogP contribution in [0.15, 0.2) is 18.2 Å². The van der Waals surface area contributed by atoms with Crippen LogP contribution in [0, 0.1) is 5.41 Å². The Morgan fingerprint density at radius 3 is 2.53 bits per heavy atom. The van der Waals surface area contributed by atoms with E-state index in [0.717, 1.165) is 5.56 Å². The molecule has 1 aliphatic heterocycles. The van der Waals surface area contributed by atoms with Crippen LogP contribution in [0.1, 0.15) is 25.5 Å². The molecule has 1 aromatic rings. The molecule has 3 nitrogen and oxygen atoms in total. The molecule has 17 heavy (non-hydrogen) atoms. The topological polar surface area (TPSA) is 38.3 Å². The molecule has 1 atom stereocenters.